The van der Waals surface area contributed by atoms with Crippen LogP contribution in [0.1, 0.15) is 11.3 Å². The Kier molecular flexibility index (Phi) is 5.56. The summed E-state index contributed by atoms with van der Waals surface area (Å²) >= 11 is 0. The fourth-order valence-electron chi connectivity index (χ4n) is 3.94. The number of pyridine rings is 2. The second kappa shape index (κ2) is 8.79. The Labute approximate surface area is 181 Å². The van der Waals surface area contributed by atoms with Gasteiger partial charge in [-0.3, -0.25) is 20.0 Å². The number of aromatic amines is 1. The number of morpholine rings is 1. The van der Waals surface area contributed by atoms with E-state index in [9.17, 15) is 0 Å². The number of nitrogens with zero attached hydrogens (tertiary/aromatic N) is 4. The van der Waals surface area contributed by atoms with Crippen molar-refractivity contribution in [3.63, 3.8) is 0 Å². The van der Waals surface area contributed by atoms with Gasteiger partial charge in [0.1, 0.15) is 0 Å². The van der Waals surface area contributed by atoms with Gasteiger partial charge in [0.15, 0.2) is 0 Å². The van der Waals surface area contributed by atoms with E-state index in [1.54, 1.807) is 0 Å². The molecule has 4 heterocycles. The van der Waals surface area contributed by atoms with E-state index in [0.29, 0.717) is 0 Å². The van der Waals surface area contributed by atoms with Gasteiger partial charge in [-0.15, -0.1) is 0 Å². The van der Waals surface area contributed by atoms with E-state index in [1.165, 1.54) is 5.56 Å². The van der Waals surface area contributed by atoms with Gasteiger partial charge in [0, 0.05) is 48.2 Å². The first kappa shape index (κ1) is 19.6. The van der Waals surface area contributed by atoms with Gasteiger partial charge in [0.25, 0.3) is 0 Å². The molecule has 6 nitrogen and oxygen atoms in total. The van der Waals surface area contributed by atoms with Crippen molar-refractivity contribution in [2.75, 3.05) is 26.3 Å². The zero-order chi connectivity index (χ0) is 21.0. The standard InChI is InChI=1S/C25H25N5O/c1-18-3-2-4-23(28-18)22-16-27-29-25(22)21-9-10-26-24(15-21)20-7-5-19(6-8-20)17-30-11-13-31-14-12-30/h2-10,15-16H,11-14,17H2,1H3,(H,27,29). The Bertz CT molecular complexity index is 1160. The number of nitrogens with one attached hydrogen (secondary N) is 1. The molecular weight excluding hydrogens is 386 g/mol. The SMILES string of the molecule is Cc1cccc(-c2cn[nH]c2-c2ccnc(-c3ccc(CN4CCOCC4)cc3)c2)n1. The van der Waals surface area contributed by atoms with Gasteiger partial charge >= 0.3 is 0 Å². The highest BCUT2D eigenvalue weighted by atomic mass is 16.5. The van der Waals surface area contributed by atoms with Gasteiger partial charge in [-0.25, -0.2) is 0 Å². The largest absolute Gasteiger partial charge is 0.379 e. The molecule has 0 bridgehead atoms. The van der Waals surface area contributed by atoms with E-state index >= 15 is 0 Å². The lowest BCUT2D eigenvalue weighted by Crippen LogP contribution is -2.35. The number of aryl methyl sites for hydroxylation is 1. The first-order valence-electron chi connectivity index (χ1n) is 10.6. The zero-order valence-electron chi connectivity index (χ0n) is 17.6. The lowest BCUT2D eigenvalue weighted by molar-refractivity contribution is 0.0342. The summed E-state index contributed by atoms with van der Waals surface area (Å²) in [7, 11) is 0. The molecule has 6 heteroatoms. The highest BCUT2D eigenvalue weighted by Gasteiger charge is 2.13. The first-order valence-corrected chi connectivity index (χ1v) is 10.6. The molecule has 0 saturated carbocycles. The van der Waals surface area contributed by atoms with Gasteiger partial charge in [-0.2, -0.15) is 5.10 Å². The van der Waals surface area contributed by atoms with Crippen molar-refractivity contribution < 1.29 is 4.74 Å². The molecule has 3 aromatic heterocycles. The number of rotatable bonds is 5. The first-order chi connectivity index (χ1) is 15.3. The Morgan fingerprint density at radius 2 is 1.81 bits per heavy atom. The minimum Gasteiger partial charge on any atom is -0.379 e. The van der Waals surface area contributed by atoms with Crippen LogP contribution in [0.5, 0.6) is 0 Å². The van der Waals surface area contributed by atoms with Crippen LogP contribution in [0.2, 0.25) is 0 Å². The second-order valence-electron chi connectivity index (χ2n) is 7.84. The molecule has 5 rings (SSSR count). The van der Waals surface area contributed by atoms with Crippen molar-refractivity contribution in [2.45, 2.75) is 13.5 Å². The van der Waals surface area contributed by atoms with E-state index < -0.39 is 0 Å². The van der Waals surface area contributed by atoms with E-state index in [-0.39, 0.29) is 0 Å². The molecule has 1 N–H and O–H groups in total. The maximum absolute atomic E-state index is 5.44. The molecule has 1 saturated heterocycles. The number of hydrogen-bond acceptors (Lipinski definition) is 5. The third kappa shape index (κ3) is 4.40. The highest BCUT2D eigenvalue weighted by molar-refractivity contribution is 5.80. The summed E-state index contributed by atoms with van der Waals surface area (Å²) < 4.78 is 5.44. The second-order valence-corrected chi connectivity index (χ2v) is 7.84. The molecule has 156 valence electrons. The van der Waals surface area contributed by atoms with Crippen LogP contribution in [-0.2, 0) is 11.3 Å². The molecule has 0 aliphatic carbocycles. The van der Waals surface area contributed by atoms with E-state index in [4.69, 9.17) is 4.74 Å². The number of hydrogen-bond donors (Lipinski definition) is 1. The maximum atomic E-state index is 5.44. The molecule has 31 heavy (non-hydrogen) atoms. The molecule has 4 aromatic rings. The molecule has 0 spiro atoms. The molecule has 0 unspecified atom stereocenters. The fraction of sp³-hybridized carbons (Fsp3) is 0.240. The summed E-state index contributed by atoms with van der Waals surface area (Å²) in [5.74, 6) is 0. The molecular formula is C25H25N5O. The van der Waals surface area contributed by atoms with Crippen LogP contribution in [0, 0.1) is 6.92 Å². The van der Waals surface area contributed by atoms with Crippen molar-refractivity contribution in [3.8, 4) is 33.8 Å². The van der Waals surface area contributed by atoms with Gasteiger partial charge in [-0.05, 0) is 36.8 Å². The molecule has 0 amide bonds. The van der Waals surface area contributed by atoms with Crippen molar-refractivity contribution in [2.24, 2.45) is 0 Å². The van der Waals surface area contributed by atoms with Crippen molar-refractivity contribution >= 4 is 0 Å². The van der Waals surface area contributed by atoms with Gasteiger partial charge in [0.2, 0.25) is 0 Å². The Morgan fingerprint density at radius 1 is 0.968 bits per heavy atom. The van der Waals surface area contributed by atoms with Crippen LogP contribution in [0.3, 0.4) is 0 Å². The quantitative estimate of drug-likeness (QED) is 0.529. The molecule has 1 fully saturated rings. The lowest BCUT2D eigenvalue weighted by Gasteiger charge is -2.26. The van der Waals surface area contributed by atoms with E-state index in [1.807, 2.05) is 43.6 Å². The third-order valence-electron chi connectivity index (χ3n) is 5.61. The van der Waals surface area contributed by atoms with Gasteiger partial charge < -0.3 is 4.74 Å². The van der Waals surface area contributed by atoms with E-state index in [2.05, 4.69) is 55.4 Å². The summed E-state index contributed by atoms with van der Waals surface area (Å²) in [5, 5.41) is 7.41. The Balaban J connectivity index is 1.39. The Hall–Kier alpha value is -3.35. The predicted molar refractivity (Wildman–Crippen MR) is 121 cm³/mol. The predicted octanol–water partition coefficient (Wildman–Crippen LogP) is 4.34. The third-order valence-corrected chi connectivity index (χ3v) is 5.61. The molecule has 1 aromatic carbocycles. The zero-order valence-corrected chi connectivity index (χ0v) is 17.6. The molecule has 0 radical (unpaired) electrons. The summed E-state index contributed by atoms with van der Waals surface area (Å²) in [6.07, 6.45) is 3.68. The van der Waals surface area contributed by atoms with Crippen LogP contribution >= 0.6 is 0 Å². The minimum absolute atomic E-state index is 0.822. The summed E-state index contributed by atoms with van der Waals surface area (Å²) in [4.78, 5) is 11.7. The molecule has 1 aliphatic rings. The number of benzene rings is 1. The van der Waals surface area contributed by atoms with Crippen LogP contribution in [0.25, 0.3) is 33.8 Å². The van der Waals surface area contributed by atoms with Crippen LogP contribution in [0.4, 0.5) is 0 Å². The highest BCUT2D eigenvalue weighted by Crippen LogP contribution is 2.31. The number of ether oxygens (including phenoxy) is 1. The maximum Gasteiger partial charge on any atom is 0.0745 e. The number of H-pyrrole nitrogens is 1. The average Bonchev–Trinajstić information content (AvgIpc) is 3.31. The van der Waals surface area contributed by atoms with Crippen molar-refractivity contribution in [3.05, 3.63) is 78.2 Å². The minimum atomic E-state index is 0.822. The normalized spacial score (nSPS) is 14.6. The van der Waals surface area contributed by atoms with Crippen molar-refractivity contribution in [1.82, 2.24) is 25.1 Å². The summed E-state index contributed by atoms with van der Waals surface area (Å²) in [5.41, 5.74) is 8.22. The fourth-order valence-corrected chi connectivity index (χ4v) is 3.94. The molecule has 1 aliphatic heterocycles. The van der Waals surface area contributed by atoms with E-state index in [0.717, 1.165) is 72.3 Å². The topological polar surface area (TPSA) is 66.9 Å². The van der Waals surface area contributed by atoms with Crippen LogP contribution < -0.4 is 0 Å². The van der Waals surface area contributed by atoms with Gasteiger partial charge in [-0.1, -0.05) is 30.3 Å². The Morgan fingerprint density at radius 3 is 2.61 bits per heavy atom. The van der Waals surface area contributed by atoms with Crippen molar-refractivity contribution in [1.29, 1.82) is 0 Å². The average molecular weight is 412 g/mol. The number of aromatic nitrogens is 4. The molecule has 0 atom stereocenters. The smallest absolute Gasteiger partial charge is 0.0745 e. The lowest BCUT2D eigenvalue weighted by atomic mass is 10.0. The monoisotopic (exact) mass is 411 g/mol. The van der Waals surface area contributed by atoms with Crippen LogP contribution in [0.15, 0.2) is 67.0 Å². The summed E-state index contributed by atoms with van der Waals surface area (Å²) in [6, 6.07) is 18.8. The van der Waals surface area contributed by atoms with Crippen LogP contribution in [-0.4, -0.2) is 51.4 Å². The summed E-state index contributed by atoms with van der Waals surface area (Å²) in [6.45, 7) is 6.58. The van der Waals surface area contributed by atoms with Gasteiger partial charge in [0.05, 0.1) is 36.5 Å².